The van der Waals surface area contributed by atoms with Crippen molar-refractivity contribution in [2.45, 2.75) is 25.3 Å². The molecule has 1 amide bonds. The molecule has 3 nitrogen and oxygen atoms in total. The molecule has 1 aliphatic carbocycles. The first-order chi connectivity index (χ1) is 11.5. The molecule has 0 saturated carbocycles. The highest BCUT2D eigenvalue weighted by atomic mass is 35.5. The van der Waals surface area contributed by atoms with E-state index in [4.69, 9.17) is 23.2 Å². The maximum Gasteiger partial charge on any atom is 0.238 e. The molecular formula is C19H20Cl2N2O. The number of fused-ring (bicyclic) bond motifs is 1. The van der Waals surface area contributed by atoms with E-state index in [1.54, 1.807) is 18.2 Å². The summed E-state index contributed by atoms with van der Waals surface area (Å²) < 4.78 is 0. The van der Waals surface area contributed by atoms with Crippen LogP contribution < -0.4 is 5.32 Å². The van der Waals surface area contributed by atoms with Crippen molar-refractivity contribution < 1.29 is 4.79 Å². The lowest BCUT2D eigenvalue weighted by atomic mass is 9.87. The summed E-state index contributed by atoms with van der Waals surface area (Å²) in [6.07, 6.45) is 3.33. The molecule has 1 atom stereocenters. The summed E-state index contributed by atoms with van der Waals surface area (Å²) in [6.45, 7) is 0.307. The Bertz CT molecular complexity index is 748. The number of hydrogen-bond donors (Lipinski definition) is 1. The van der Waals surface area contributed by atoms with Crippen LogP contribution in [0.25, 0.3) is 0 Å². The molecule has 1 N–H and O–H groups in total. The first kappa shape index (κ1) is 17.3. The predicted octanol–water partition coefficient (Wildman–Crippen LogP) is 4.94. The average molecular weight is 363 g/mol. The number of anilines is 1. The lowest BCUT2D eigenvalue weighted by Gasteiger charge is -2.32. The lowest BCUT2D eigenvalue weighted by Crippen LogP contribution is -2.34. The first-order valence-corrected chi connectivity index (χ1v) is 8.83. The zero-order chi connectivity index (χ0) is 17.1. The molecule has 5 heteroatoms. The van der Waals surface area contributed by atoms with E-state index in [0.717, 1.165) is 19.3 Å². The third kappa shape index (κ3) is 3.92. The molecule has 0 radical (unpaired) electrons. The zero-order valence-corrected chi connectivity index (χ0v) is 15.1. The summed E-state index contributed by atoms with van der Waals surface area (Å²) in [4.78, 5) is 14.5. The van der Waals surface area contributed by atoms with E-state index in [0.29, 0.717) is 22.3 Å². The molecule has 126 valence electrons. The zero-order valence-electron chi connectivity index (χ0n) is 13.6. The van der Waals surface area contributed by atoms with Crippen LogP contribution in [0.1, 0.15) is 30.0 Å². The van der Waals surface area contributed by atoms with Gasteiger partial charge in [-0.25, -0.2) is 0 Å². The SMILES string of the molecule is CN(CC(=O)Nc1cc(Cl)ccc1Cl)[C@@H]1CCCc2ccccc21. The number of carbonyl (C=O) groups excluding carboxylic acids is 1. The normalized spacial score (nSPS) is 16.8. The van der Waals surface area contributed by atoms with Gasteiger partial charge in [0.2, 0.25) is 5.91 Å². The van der Waals surface area contributed by atoms with E-state index in [1.165, 1.54) is 11.1 Å². The summed E-state index contributed by atoms with van der Waals surface area (Å²) in [7, 11) is 1.99. The number of aryl methyl sites for hydroxylation is 1. The fraction of sp³-hybridized carbons (Fsp3) is 0.316. The maximum atomic E-state index is 12.4. The topological polar surface area (TPSA) is 32.3 Å². The van der Waals surface area contributed by atoms with Crippen LogP contribution in [0.2, 0.25) is 10.0 Å². The highest BCUT2D eigenvalue weighted by molar-refractivity contribution is 6.35. The smallest absolute Gasteiger partial charge is 0.238 e. The number of hydrogen-bond acceptors (Lipinski definition) is 2. The Balaban J connectivity index is 1.68. The van der Waals surface area contributed by atoms with Crippen molar-refractivity contribution >= 4 is 34.8 Å². The van der Waals surface area contributed by atoms with Gasteiger partial charge < -0.3 is 5.32 Å². The standard InChI is InChI=1S/C19H20Cl2N2O/c1-23(18-8-4-6-13-5-2-3-7-15(13)18)12-19(24)22-17-11-14(20)9-10-16(17)21/h2-3,5,7,9-11,18H,4,6,8,12H2,1H3,(H,22,24)/t18-/m1/s1. The van der Waals surface area contributed by atoms with Gasteiger partial charge in [-0.1, -0.05) is 47.5 Å². The van der Waals surface area contributed by atoms with Gasteiger partial charge in [-0.3, -0.25) is 9.69 Å². The van der Waals surface area contributed by atoms with Crippen molar-refractivity contribution in [1.29, 1.82) is 0 Å². The van der Waals surface area contributed by atoms with E-state index in [2.05, 4.69) is 34.5 Å². The van der Waals surface area contributed by atoms with Crippen molar-refractivity contribution in [2.75, 3.05) is 18.9 Å². The molecule has 0 bridgehead atoms. The Kier molecular flexibility index (Phi) is 5.44. The van der Waals surface area contributed by atoms with Crippen molar-refractivity contribution in [1.82, 2.24) is 4.90 Å². The third-order valence-corrected chi connectivity index (χ3v) is 5.03. The molecular weight excluding hydrogens is 343 g/mol. The minimum absolute atomic E-state index is 0.0929. The van der Waals surface area contributed by atoms with Gasteiger partial charge in [0, 0.05) is 11.1 Å². The summed E-state index contributed by atoms with van der Waals surface area (Å²) in [5.74, 6) is -0.0929. The molecule has 0 unspecified atom stereocenters. The van der Waals surface area contributed by atoms with Crippen LogP contribution in [-0.4, -0.2) is 24.4 Å². The Morgan fingerprint density at radius 2 is 2.04 bits per heavy atom. The number of halogens is 2. The fourth-order valence-electron chi connectivity index (χ4n) is 3.31. The van der Waals surface area contributed by atoms with Gasteiger partial charge in [-0.2, -0.15) is 0 Å². The summed E-state index contributed by atoms with van der Waals surface area (Å²) in [5.41, 5.74) is 3.27. The van der Waals surface area contributed by atoms with E-state index in [9.17, 15) is 4.79 Å². The number of amides is 1. The second-order valence-corrected chi connectivity index (χ2v) is 7.04. The summed E-state index contributed by atoms with van der Waals surface area (Å²) in [6, 6.07) is 13.8. The first-order valence-electron chi connectivity index (χ1n) is 8.07. The van der Waals surface area contributed by atoms with Gasteiger partial charge in [-0.15, -0.1) is 0 Å². The number of benzene rings is 2. The van der Waals surface area contributed by atoms with Crippen LogP contribution in [0.15, 0.2) is 42.5 Å². The third-order valence-electron chi connectivity index (χ3n) is 4.47. The van der Waals surface area contributed by atoms with E-state index >= 15 is 0 Å². The number of carbonyl (C=O) groups is 1. The van der Waals surface area contributed by atoms with E-state index in [-0.39, 0.29) is 11.9 Å². The molecule has 1 aliphatic rings. The van der Waals surface area contributed by atoms with E-state index < -0.39 is 0 Å². The molecule has 3 rings (SSSR count). The molecule has 0 saturated heterocycles. The van der Waals surface area contributed by atoms with Crippen LogP contribution in [0.5, 0.6) is 0 Å². The molecule has 0 aliphatic heterocycles. The van der Waals surface area contributed by atoms with Gasteiger partial charge in [-0.05, 0) is 55.6 Å². The Morgan fingerprint density at radius 3 is 2.88 bits per heavy atom. The van der Waals surface area contributed by atoms with Gasteiger partial charge in [0.1, 0.15) is 0 Å². The minimum Gasteiger partial charge on any atom is -0.324 e. The summed E-state index contributed by atoms with van der Waals surface area (Å²) >= 11 is 12.1. The second-order valence-electron chi connectivity index (χ2n) is 6.19. The van der Waals surface area contributed by atoms with Crippen molar-refractivity contribution in [3.63, 3.8) is 0 Å². The maximum absolute atomic E-state index is 12.4. The van der Waals surface area contributed by atoms with Crippen LogP contribution >= 0.6 is 23.2 Å². The van der Waals surface area contributed by atoms with Gasteiger partial charge in [0.15, 0.2) is 0 Å². The van der Waals surface area contributed by atoms with Gasteiger partial charge >= 0.3 is 0 Å². The fourth-order valence-corrected chi connectivity index (χ4v) is 3.64. The van der Waals surface area contributed by atoms with Crippen LogP contribution in [0, 0.1) is 0 Å². The molecule has 0 fully saturated rings. The molecule has 0 spiro atoms. The number of rotatable bonds is 4. The molecule has 0 aromatic heterocycles. The number of likely N-dealkylation sites (N-methyl/N-ethyl adjacent to an activating group) is 1. The number of nitrogens with zero attached hydrogens (tertiary/aromatic N) is 1. The van der Waals surface area contributed by atoms with Crippen LogP contribution in [-0.2, 0) is 11.2 Å². The largest absolute Gasteiger partial charge is 0.324 e. The Labute approximate surface area is 152 Å². The van der Waals surface area contributed by atoms with Crippen LogP contribution in [0.4, 0.5) is 5.69 Å². The van der Waals surface area contributed by atoms with E-state index in [1.807, 2.05) is 7.05 Å². The monoisotopic (exact) mass is 362 g/mol. The Morgan fingerprint density at radius 1 is 1.25 bits per heavy atom. The van der Waals surface area contributed by atoms with Gasteiger partial charge in [0.05, 0.1) is 17.3 Å². The molecule has 2 aromatic carbocycles. The van der Waals surface area contributed by atoms with Gasteiger partial charge in [0.25, 0.3) is 0 Å². The average Bonchev–Trinajstić information content (AvgIpc) is 2.57. The highest BCUT2D eigenvalue weighted by Gasteiger charge is 2.24. The lowest BCUT2D eigenvalue weighted by molar-refractivity contribution is -0.117. The quantitative estimate of drug-likeness (QED) is 0.834. The summed E-state index contributed by atoms with van der Waals surface area (Å²) in [5, 5.41) is 3.88. The highest BCUT2D eigenvalue weighted by Crippen LogP contribution is 2.33. The second kappa shape index (κ2) is 7.56. The molecule has 0 heterocycles. The molecule has 2 aromatic rings. The van der Waals surface area contributed by atoms with Crippen molar-refractivity contribution in [2.24, 2.45) is 0 Å². The van der Waals surface area contributed by atoms with Crippen molar-refractivity contribution in [3.8, 4) is 0 Å². The predicted molar refractivity (Wildman–Crippen MR) is 99.8 cm³/mol. The minimum atomic E-state index is -0.0929. The Hall–Kier alpha value is -1.55. The van der Waals surface area contributed by atoms with Crippen LogP contribution in [0.3, 0.4) is 0 Å². The number of nitrogens with one attached hydrogen (secondary N) is 1. The molecule has 24 heavy (non-hydrogen) atoms. The van der Waals surface area contributed by atoms with Crippen molar-refractivity contribution in [3.05, 3.63) is 63.6 Å².